The van der Waals surface area contributed by atoms with Gasteiger partial charge in [0.2, 0.25) is 17.2 Å². The Morgan fingerprint density at radius 3 is 2.57 bits per heavy atom. The number of para-hydroxylation sites is 1. The van der Waals surface area contributed by atoms with E-state index in [0.717, 1.165) is 0 Å². The lowest BCUT2D eigenvalue weighted by molar-refractivity contribution is 0.252. The molecule has 0 bridgehead atoms. The lowest BCUT2D eigenvalue weighted by Gasteiger charge is -2.13. The number of hydrogen-bond donors (Lipinski definition) is 1. The summed E-state index contributed by atoms with van der Waals surface area (Å²) in [5, 5.41) is 2.91. The van der Waals surface area contributed by atoms with Crippen molar-refractivity contribution in [3.63, 3.8) is 0 Å². The van der Waals surface area contributed by atoms with E-state index in [2.05, 4.69) is 20.3 Å². The Morgan fingerprint density at radius 2 is 1.90 bits per heavy atom. The predicted octanol–water partition coefficient (Wildman–Crippen LogP) is 3.65. The SMILES string of the molecule is CN(C)c1nc(Cl)nc(Nc2ccccc2SC(F)F)n1. The summed E-state index contributed by atoms with van der Waals surface area (Å²) in [6.07, 6.45) is 0. The number of nitrogens with one attached hydrogen (secondary N) is 1. The van der Waals surface area contributed by atoms with Crippen LogP contribution < -0.4 is 10.2 Å². The first-order valence-corrected chi connectivity index (χ1v) is 7.11. The Hall–Kier alpha value is -1.67. The zero-order valence-corrected chi connectivity index (χ0v) is 12.8. The molecule has 0 saturated heterocycles. The Bertz CT molecular complexity index is 626. The first-order valence-electron chi connectivity index (χ1n) is 5.85. The third-order valence-corrected chi connectivity index (χ3v) is 3.30. The topological polar surface area (TPSA) is 53.9 Å². The number of anilines is 3. The Kier molecular flexibility index (Phi) is 5.13. The molecule has 0 spiro atoms. The summed E-state index contributed by atoms with van der Waals surface area (Å²) < 4.78 is 25.1. The van der Waals surface area contributed by atoms with Crippen molar-refractivity contribution >= 4 is 40.9 Å². The van der Waals surface area contributed by atoms with Crippen molar-refractivity contribution in [1.29, 1.82) is 0 Å². The van der Waals surface area contributed by atoms with Crippen molar-refractivity contribution in [2.45, 2.75) is 10.7 Å². The predicted molar refractivity (Wildman–Crippen MR) is 80.7 cm³/mol. The van der Waals surface area contributed by atoms with Crippen LogP contribution in [0.3, 0.4) is 0 Å². The lowest BCUT2D eigenvalue weighted by atomic mass is 10.3. The molecule has 0 radical (unpaired) electrons. The van der Waals surface area contributed by atoms with Crippen LogP contribution in [0.2, 0.25) is 5.28 Å². The van der Waals surface area contributed by atoms with Crippen LogP contribution in [0.15, 0.2) is 29.2 Å². The zero-order valence-electron chi connectivity index (χ0n) is 11.2. The molecule has 1 N–H and O–H groups in total. The number of rotatable bonds is 5. The van der Waals surface area contributed by atoms with Crippen molar-refractivity contribution in [3.8, 4) is 0 Å². The molecule has 0 aliphatic carbocycles. The minimum absolute atomic E-state index is 0.0233. The highest BCUT2D eigenvalue weighted by atomic mass is 35.5. The molecule has 112 valence electrons. The van der Waals surface area contributed by atoms with Crippen LogP contribution in [0, 0.1) is 0 Å². The number of nitrogens with zero attached hydrogens (tertiary/aromatic N) is 4. The number of benzene rings is 1. The Labute approximate surface area is 129 Å². The van der Waals surface area contributed by atoms with E-state index < -0.39 is 5.76 Å². The van der Waals surface area contributed by atoms with Gasteiger partial charge in [0, 0.05) is 19.0 Å². The quantitative estimate of drug-likeness (QED) is 0.844. The Morgan fingerprint density at radius 1 is 1.19 bits per heavy atom. The molecule has 0 aliphatic rings. The minimum Gasteiger partial charge on any atom is -0.347 e. The number of thioether (sulfide) groups is 1. The number of hydrogen-bond acceptors (Lipinski definition) is 6. The van der Waals surface area contributed by atoms with Crippen molar-refractivity contribution in [2.75, 3.05) is 24.3 Å². The molecule has 0 fully saturated rings. The fraction of sp³-hybridized carbons (Fsp3) is 0.250. The van der Waals surface area contributed by atoms with Crippen molar-refractivity contribution in [2.24, 2.45) is 0 Å². The standard InChI is InChI=1S/C12H12ClF2N5S/c1-20(2)12-18-9(13)17-11(19-12)16-7-5-3-4-6-8(7)21-10(14)15/h3-6,10H,1-2H3,(H,16,17,18,19). The van der Waals surface area contributed by atoms with Crippen LogP contribution in [0.1, 0.15) is 0 Å². The van der Waals surface area contributed by atoms with Crippen LogP contribution in [0.4, 0.5) is 26.4 Å². The summed E-state index contributed by atoms with van der Waals surface area (Å²) in [5.74, 6) is -1.94. The molecule has 5 nitrogen and oxygen atoms in total. The van der Waals surface area contributed by atoms with Gasteiger partial charge in [-0.1, -0.05) is 23.9 Å². The molecule has 2 rings (SSSR count). The van der Waals surface area contributed by atoms with E-state index in [1.165, 1.54) is 0 Å². The summed E-state index contributed by atoms with van der Waals surface area (Å²) in [7, 11) is 3.52. The molecule has 0 unspecified atom stereocenters. The first-order chi connectivity index (χ1) is 9.95. The summed E-state index contributed by atoms with van der Waals surface area (Å²) in [4.78, 5) is 14.1. The van der Waals surface area contributed by atoms with E-state index >= 15 is 0 Å². The largest absolute Gasteiger partial charge is 0.347 e. The monoisotopic (exact) mass is 331 g/mol. The van der Waals surface area contributed by atoms with Crippen LogP contribution >= 0.6 is 23.4 Å². The van der Waals surface area contributed by atoms with Crippen LogP contribution in [0.25, 0.3) is 0 Å². The van der Waals surface area contributed by atoms with Gasteiger partial charge in [0.25, 0.3) is 5.76 Å². The maximum absolute atomic E-state index is 12.5. The van der Waals surface area contributed by atoms with Gasteiger partial charge < -0.3 is 10.2 Å². The van der Waals surface area contributed by atoms with Gasteiger partial charge in [0.05, 0.1) is 5.69 Å². The molecule has 21 heavy (non-hydrogen) atoms. The molecular weight excluding hydrogens is 320 g/mol. The second-order valence-corrected chi connectivity index (χ2v) is 5.49. The van der Waals surface area contributed by atoms with E-state index in [9.17, 15) is 8.78 Å². The number of halogens is 3. The van der Waals surface area contributed by atoms with Crippen molar-refractivity contribution < 1.29 is 8.78 Å². The summed E-state index contributed by atoms with van der Waals surface area (Å²) in [5.41, 5.74) is 0.481. The average molecular weight is 332 g/mol. The maximum Gasteiger partial charge on any atom is 0.288 e. The normalized spacial score (nSPS) is 10.8. The molecule has 0 aliphatic heterocycles. The summed E-state index contributed by atoms with van der Waals surface area (Å²) in [6, 6.07) is 6.67. The molecule has 9 heteroatoms. The van der Waals surface area contributed by atoms with Gasteiger partial charge in [0.15, 0.2) is 0 Å². The van der Waals surface area contributed by atoms with Crippen LogP contribution in [-0.4, -0.2) is 34.8 Å². The third kappa shape index (κ3) is 4.40. The summed E-state index contributed by atoms with van der Waals surface area (Å²) >= 11 is 6.28. The van der Waals surface area contributed by atoms with Crippen molar-refractivity contribution in [1.82, 2.24) is 15.0 Å². The smallest absolute Gasteiger partial charge is 0.288 e. The molecule has 0 amide bonds. The molecule has 0 atom stereocenters. The van der Waals surface area contributed by atoms with Gasteiger partial charge in [-0.05, 0) is 23.7 Å². The highest BCUT2D eigenvalue weighted by Crippen LogP contribution is 2.32. The highest BCUT2D eigenvalue weighted by molar-refractivity contribution is 7.99. The number of aromatic nitrogens is 3. The molecule has 0 saturated carbocycles. The third-order valence-electron chi connectivity index (χ3n) is 2.35. The van der Waals surface area contributed by atoms with E-state index in [1.54, 1.807) is 43.3 Å². The molecule has 1 aromatic heterocycles. The zero-order chi connectivity index (χ0) is 15.4. The van der Waals surface area contributed by atoms with Crippen LogP contribution in [-0.2, 0) is 0 Å². The van der Waals surface area contributed by atoms with Crippen molar-refractivity contribution in [3.05, 3.63) is 29.5 Å². The molecule has 1 aromatic carbocycles. The minimum atomic E-state index is -2.51. The second-order valence-electron chi connectivity index (χ2n) is 4.12. The van der Waals surface area contributed by atoms with Gasteiger partial charge in [0.1, 0.15) is 0 Å². The maximum atomic E-state index is 12.5. The van der Waals surface area contributed by atoms with Gasteiger partial charge in [-0.25, -0.2) is 0 Å². The van der Waals surface area contributed by atoms with Gasteiger partial charge in [-0.3, -0.25) is 0 Å². The first kappa shape index (κ1) is 15.7. The second kappa shape index (κ2) is 6.86. The number of alkyl halides is 2. The van der Waals surface area contributed by atoms with E-state index in [-0.39, 0.29) is 11.2 Å². The Balaban J connectivity index is 2.30. The average Bonchev–Trinajstić information content (AvgIpc) is 2.39. The lowest BCUT2D eigenvalue weighted by Crippen LogP contribution is -2.14. The molecule has 2 aromatic rings. The van der Waals surface area contributed by atoms with E-state index in [0.29, 0.717) is 28.3 Å². The fourth-order valence-electron chi connectivity index (χ4n) is 1.48. The van der Waals surface area contributed by atoms with Crippen LogP contribution in [0.5, 0.6) is 0 Å². The van der Waals surface area contributed by atoms with Gasteiger partial charge in [-0.15, -0.1) is 0 Å². The molecule has 1 heterocycles. The summed E-state index contributed by atoms with van der Waals surface area (Å²) in [6.45, 7) is 0. The van der Waals surface area contributed by atoms with Gasteiger partial charge in [-0.2, -0.15) is 23.7 Å². The fourth-order valence-corrected chi connectivity index (χ4v) is 2.24. The van der Waals surface area contributed by atoms with E-state index in [1.807, 2.05) is 0 Å². The van der Waals surface area contributed by atoms with Gasteiger partial charge >= 0.3 is 0 Å². The molecular formula is C12H12ClF2N5S. The highest BCUT2D eigenvalue weighted by Gasteiger charge is 2.12. The van der Waals surface area contributed by atoms with E-state index in [4.69, 9.17) is 11.6 Å².